The van der Waals surface area contributed by atoms with Crippen LogP contribution >= 0.6 is 24.0 Å². The third-order valence-corrected chi connectivity index (χ3v) is 4.57. The summed E-state index contributed by atoms with van der Waals surface area (Å²) in [6, 6.07) is 6.67. The van der Waals surface area contributed by atoms with Gasteiger partial charge in [0.2, 0.25) is 0 Å². The Hall–Kier alpha value is -1.86. The molecule has 1 unspecified atom stereocenters. The molecular weight excluding hydrogens is 334 g/mol. The summed E-state index contributed by atoms with van der Waals surface area (Å²) in [6.07, 6.45) is 1.75. The first-order valence-electron chi connectivity index (χ1n) is 7.05. The fraction of sp³-hybridized carbons (Fsp3) is 0.312. The standard InChI is InChI=1S/C16H17NO4S2/c1-4-21-12-7-5-11(6-8-12)9-13-14(18)17(16(22)23-13)10(2)15(19)20-3/h5-10H,4H2,1-3H3/b13-9-. The summed E-state index contributed by atoms with van der Waals surface area (Å²) in [6.45, 7) is 4.11. The van der Waals surface area contributed by atoms with E-state index in [1.54, 1.807) is 13.0 Å². The molecule has 1 amide bonds. The molecule has 122 valence electrons. The van der Waals surface area contributed by atoms with Crippen LogP contribution in [0, 0.1) is 0 Å². The maximum absolute atomic E-state index is 12.5. The van der Waals surface area contributed by atoms with E-state index in [1.165, 1.54) is 23.8 Å². The number of nitrogens with zero attached hydrogens (tertiary/aromatic N) is 1. The zero-order valence-corrected chi connectivity index (χ0v) is 14.7. The number of carbonyl (C=O) groups is 2. The molecule has 1 aromatic rings. The lowest BCUT2D eigenvalue weighted by atomic mass is 10.2. The van der Waals surface area contributed by atoms with Gasteiger partial charge in [-0.1, -0.05) is 36.1 Å². The first kappa shape index (κ1) is 17.5. The van der Waals surface area contributed by atoms with Crippen LogP contribution in [0.25, 0.3) is 6.08 Å². The van der Waals surface area contributed by atoms with E-state index in [1.807, 2.05) is 31.2 Å². The molecule has 1 aliphatic rings. The monoisotopic (exact) mass is 351 g/mol. The minimum Gasteiger partial charge on any atom is -0.494 e. The van der Waals surface area contributed by atoms with Gasteiger partial charge < -0.3 is 9.47 Å². The number of amides is 1. The number of hydrogen-bond acceptors (Lipinski definition) is 6. The van der Waals surface area contributed by atoms with Gasteiger partial charge in [0.25, 0.3) is 5.91 Å². The van der Waals surface area contributed by atoms with Crippen molar-refractivity contribution in [2.45, 2.75) is 19.9 Å². The van der Waals surface area contributed by atoms with Gasteiger partial charge in [-0.3, -0.25) is 9.69 Å². The van der Waals surface area contributed by atoms with Crippen LogP contribution in [0.15, 0.2) is 29.2 Å². The summed E-state index contributed by atoms with van der Waals surface area (Å²) in [7, 11) is 1.28. The Bertz CT molecular complexity index is 655. The van der Waals surface area contributed by atoms with Gasteiger partial charge in [-0.15, -0.1) is 0 Å². The maximum atomic E-state index is 12.5. The lowest BCUT2D eigenvalue weighted by molar-refractivity contribution is -0.147. The average molecular weight is 351 g/mol. The van der Waals surface area contributed by atoms with Crippen molar-refractivity contribution in [3.8, 4) is 5.75 Å². The van der Waals surface area contributed by atoms with E-state index < -0.39 is 12.0 Å². The first-order chi connectivity index (χ1) is 11.0. The van der Waals surface area contributed by atoms with Gasteiger partial charge in [0.05, 0.1) is 18.6 Å². The van der Waals surface area contributed by atoms with Crippen LogP contribution in [-0.4, -0.2) is 40.9 Å². The molecule has 1 fully saturated rings. The Balaban J connectivity index is 2.19. The number of thiocarbonyl (C=S) groups is 1. The third-order valence-electron chi connectivity index (χ3n) is 3.24. The summed E-state index contributed by atoms with van der Waals surface area (Å²) in [5.74, 6) is -0.00749. The second-order valence-electron chi connectivity index (χ2n) is 4.75. The molecule has 1 aliphatic heterocycles. The fourth-order valence-electron chi connectivity index (χ4n) is 2.07. The molecule has 0 bridgehead atoms. The summed E-state index contributed by atoms with van der Waals surface area (Å²) < 4.78 is 10.4. The second kappa shape index (κ2) is 7.61. The number of esters is 1. The summed E-state index contributed by atoms with van der Waals surface area (Å²) in [4.78, 5) is 25.9. The SMILES string of the molecule is CCOc1ccc(/C=C2\SC(=S)N(C(C)C(=O)OC)C2=O)cc1. The normalized spacial score (nSPS) is 17.5. The number of ether oxygens (including phenoxy) is 2. The molecule has 0 spiro atoms. The average Bonchev–Trinajstić information content (AvgIpc) is 2.82. The molecule has 1 heterocycles. The lowest BCUT2D eigenvalue weighted by Gasteiger charge is -2.20. The smallest absolute Gasteiger partial charge is 0.328 e. The molecule has 1 saturated heterocycles. The van der Waals surface area contributed by atoms with Crippen molar-refractivity contribution in [2.24, 2.45) is 0 Å². The zero-order valence-electron chi connectivity index (χ0n) is 13.1. The van der Waals surface area contributed by atoms with Gasteiger partial charge in [-0.05, 0) is 37.6 Å². The highest BCUT2D eigenvalue weighted by molar-refractivity contribution is 8.26. The van der Waals surface area contributed by atoms with Crippen LogP contribution in [0.5, 0.6) is 5.75 Å². The molecular formula is C16H17NO4S2. The second-order valence-corrected chi connectivity index (χ2v) is 6.43. The molecule has 0 radical (unpaired) electrons. The van der Waals surface area contributed by atoms with Gasteiger partial charge in [0.15, 0.2) is 0 Å². The fourth-order valence-corrected chi connectivity index (χ4v) is 3.49. The predicted octanol–water partition coefficient (Wildman–Crippen LogP) is 2.85. The molecule has 0 aromatic heterocycles. The Kier molecular flexibility index (Phi) is 5.79. The van der Waals surface area contributed by atoms with Crippen LogP contribution in [0.1, 0.15) is 19.4 Å². The Morgan fingerprint density at radius 1 is 1.39 bits per heavy atom. The quantitative estimate of drug-likeness (QED) is 0.462. The van der Waals surface area contributed by atoms with Crippen molar-refractivity contribution in [3.63, 3.8) is 0 Å². The highest BCUT2D eigenvalue weighted by atomic mass is 32.2. The molecule has 0 saturated carbocycles. The number of carbonyl (C=O) groups excluding carboxylic acids is 2. The first-order valence-corrected chi connectivity index (χ1v) is 8.28. The molecule has 7 heteroatoms. The molecule has 0 aliphatic carbocycles. The van der Waals surface area contributed by atoms with Crippen LogP contribution in [0.3, 0.4) is 0 Å². The van der Waals surface area contributed by atoms with E-state index in [2.05, 4.69) is 4.74 Å². The van der Waals surface area contributed by atoms with E-state index >= 15 is 0 Å². The topological polar surface area (TPSA) is 55.8 Å². The largest absolute Gasteiger partial charge is 0.494 e. The van der Waals surface area contributed by atoms with Gasteiger partial charge in [0.1, 0.15) is 16.1 Å². The highest BCUT2D eigenvalue weighted by Crippen LogP contribution is 2.34. The van der Waals surface area contributed by atoms with Crippen molar-refractivity contribution in [3.05, 3.63) is 34.7 Å². The van der Waals surface area contributed by atoms with Crippen molar-refractivity contribution in [1.82, 2.24) is 4.90 Å². The third kappa shape index (κ3) is 3.92. The van der Waals surface area contributed by atoms with Crippen molar-refractivity contribution in [2.75, 3.05) is 13.7 Å². The molecule has 1 aromatic carbocycles. The molecule has 23 heavy (non-hydrogen) atoms. The number of thioether (sulfide) groups is 1. The van der Waals surface area contributed by atoms with Crippen LogP contribution in [-0.2, 0) is 14.3 Å². The van der Waals surface area contributed by atoms with Gasteiger partial charge in [-0.25, -0.2) is 4.79 Å². The minimum absolute atomic E-state index is 0.285. The molecule has 0 N–H and O–H groups in total. The van der Waals surface area contributed by atoms with E-state index in [9.17, 15) is 9.59 Å². The van der Waals surface area contributed by atoms with Crippen LogP contribution in [0.4, 0.5) is 0 Å². The van der Waals surface area contributed by atoms with Crippen LogP contribution < -0.4 is 4.74 Å². The number of hydrogen-bond donors (Lipinski definition) is 0. The zero-order chi connectivity index (χ0) is 17.0. The highest BCUT2D eigenvalue weighted by Gasteiger charge is 2.38. The summed E-state index contributed by atoms with van der Waals surface area (Å²) in [5.41, 5.74) is 0.861. The Morgan fingerprint density at radius 3 is 2.61 bits per heavy atom. The molecule has 2 rings (SSSR count). The summed E-state index contributed by atoms with van der Waals surface area (Å²) in [5, 5.41) is 0. The van der Waals surface area contributed by atoms with Crippen molar-refractivity contribution >= 4 is 46.3 Å². The summed E-state index contributed by atoms with van der Waals surface area (Å²) >= 11 is 6.39. The lowest BCUT2D eigenvalue weighted by Crippen LogP contribution is -2.42. The minimum atomic E-state index is -0.737. The van der Waals surface area contributed by atoms with Crippen LogP contribution in [0.2, 0.25) is 0 Å². The predicted molar refractivity (Wildman–Crippen MR) is 94.1 cm³/mol. The van der Waals surface area contributed by atoms with Gasteiger partial charge in [-0.2, -0.15) is 0 Å². The van der Waals surface area contributed by atoms with E-state index in [-0.39, 0.29) is 5.91 Å². The van der Waals surface area contributed by atoms with Crippen molar-refractivity contribution < 1.29 is 19.1 Å². The van der Waals surface area contributed by atoms with Crippen molar-refractivity contribution in [1.29, 1.82) is 0 Å². The van der Waals surface area contributed by atoms with E-state index in [4.69, 9.17) is 17.0 Å². The van der Waals surface area contributed by atoms with E-state index in [0.717, 1.165) is 11.3 Å². The number of methoxy groups -OCH3 is 1. The van der Waals surface area contributed by atoms with Gasteiger partial charge in [0, 0.05) is 0 Å². The maximum Gasteiger partial charge on any atom is 0.328 e. The Labute approximate surface area is 144 Å². The van der Waals surface area contributed by atoms with Gasteiger partial charge >= 0.3 is 5.97 Å². The Morgan fingerprint density at radius 2 is 2.04 bits per heavy atom. The number of rotatable bonds is 5. The molecule has 5 nitrogen and oxygen atoms in total. The van der Waals surface area contributed by atoms with E-state index in [0.29, 0.717) is 15.8 Å². The number of benzene rings is 1. The molecule has 1 atom stereocenters.